The van der Waals surface area contributed by atoms with E-state index in [4.69, 9.17) is 9.72 Å². The van der Waals surface area contributed by atoms with E-state index >= 15 is 0 Å². The van der Waals surface area contributed by atoms with Crippen molar-refractivity contribution >= 4 is 22.9 Å². The molecule has 4 aromatic rings. The molecule has 1 aliphatic rings. The summed E-state index contributed by atoms with van der Waals surface area (Å²) in [4.78, 5) is 22.2. The second-order valence-electron chi connectivity index (χ2n) is 9.17. The van der Waals surface area contributed by atoms with Crippen molar-refractivity contribution in [3.05, 3.63) is 78.8 Å². The maximum atomic E-state index is 13.1. The highest BCUT2D eigenvalue weighted by Crippen LogP contribution is 2.33. The summed E-state index contributed by atoms with van der Waals surface area (Å²) in [6, 6.07) is 22.0. The van der Waals surface area contributed by atoms with Crippen LogP contribution >= 0.6 is 0 Å². The van der Waals surface area contributed by atoms with Gasteiger partial charge in [-0.3, -0.25) is 0 Å². The summed E-state index contributed by atoms with van der Waals surface area (Å²) in [5.74, 6) is 1.95. The number of benzene rings is 2. The van der Waals surface area contributed by atoms with E-state index in [-0.39, 0.29) is 11.9 Å². The number of imidazole rings is 1. The summed E-state index contributed by atoms with van der Waals surface area (Å²) < 4.78 is 7.60. The highest BCUT2D eigenvalue weighted by atomic mass is 16.5. The minimum atomic E-state index is -0.0699. The molecule has 2 amide bonds. The van der Waals surface area contributed by atoms with Gasteiger partial charge in [-0.15, -0.1) is 0 Å². The van der Waals surface area contributed by atoms with Crippen molar-refractivity contribution in [2.24, 2.45) is 0 Å². The van der Waals surface area contributed by atoms with Crippen LogP contribution in [0.4, 0.5) is 16.2 Å². The van der Waals surface area contributed by atoms with E-state index in [9.17, 15) is 4.79 Å². The lowest BCUT2D eigenvalue weighted by molar-refractivity contribution is 0.191. The van der Waals surface area contributed by atoms with Crippen LogP contribution < -0.4 is 15.0 Å². The third-order valence-electron chi connectivity index (χ3n) is 6.61. The van der Waals surface area contributed by atoms with Crippen molar-refractivity contribution in [3.8, 4) is 17.0 Å². The smallest absolute Gasteiger partial charge is 0.321 e. The van der Waals surface area contributed by atoms with Gasteiger partial charge >= 0.3 is 6.03 Å². The van der Waals surface area contributed by atoms with Gasteiger partial charge in [-0.05, 0) is 55.3 Å². The molecule has 7 heteroatoms. The molecule has 3 heterocycles. The van der Waals surface area contributed by atoms with Gasteiger partial charge in [0.25, 0.3) is 0 Å². The van der Waals surface area contributed by atoms with Crippen LogP contribution in [0.1, 0.15) is 24.6 Å². The number of nitrogens with zero attached hydrogens (tertiary/aromatic N) is 4. The molecule has 1 unspecified atom stereocenters. The molecule has 35 heavy (non-hydrogen) atoms. The first kappa shape index (κ1) is 22.8. The molecule has 1 N–H and O–H groups in total. The number of urea groups is 1. The number of pyridine rings is 1. The predicted molar refractivity (Wildman–Crippen MR) is 141 cm³/mol. The summed E-state index contributed by atoms with van der Waals surface area (Å²) in [6.07, 6.45) is 3.99. The number of anilines is 2. The van der Waals surface area contributed by atoms with Crippen molar-refractivity contribution in [1.82, 2.24) is 14.3 Å². The average Bonchev–Trinajstić information content (AvgIpc) is 3.29. The summed E-state index contributed by atoms with van der Waals surface area (Å²) in [7, 11) is 5.66. The Balaban J connectivity index is 1.40. The van der Waals surface area contributed by atoms with Crippen molar-refractivity contribution in [1.29, 1.82) is 0 Å². The molecule has 1 aliphatic heterocycles. The molecular formula is C28H31N5O2. The first-order chi connectivity index (χ1) is 17.0. The van der Waals surface area contributed by atoms with E-state index in [0.717, 1.165) is 59.1 Å². The number of nitrogens with one attached hydrogen (secondary N) is 1. The SMILES string of the molecule is COc1cccc(-c2nc(C3CCCN(C(=O)Nc4cccc(N(C)C)c4)C3)n3ccccc23)c1. The summed E-state index contributed by atoms with van der Waals surface area (Å²) in [5, 5.41) is 3.08. The van der Waals surface area contributed by atoms with Crippen LogP contribution in [0.5, 0.6) is 5.75 Å². The number of likely N-dealkylation sites (tertiary alicyclic amines) is 1. The number of fused-ring (bicyclic) bond motifs is 1. The number of amides is 2. The lowest BCUT2D eigenvalue weighted by Gasteiger charge is -2.32. The monoisotopic (exact) mass is 469 g/mol. The third kappa shape index (κ3) is 4.67. The van der Waals surface area contributed by atoms with Crippen LogP contribution in [-0.4, -0.2) is 54.6 Å². The number of hydrogen-bond acceptors (Lipinski definition) is 4. The Morgan fingerprint density at radius 1 is 1.09 bits per heavy atom. The van der Waals surface area contributed by atoms with E-state index in [1.54, 1.807) is 7.11 Å². The zero-order valence-corrected chi connectivity index (χ0v) is 20.4. The van der Waals surface area contributed by atoms with Crippen molar-refractivity contribution in [3.63, 3.8) is 0 Å². The number of hydrogen-bond donors (Lipinski definition) is 1. The molecule has 0 aliphatic carbocycles. The first-order valence-electron chi connectivity index (χ1n) is 12.0. The summed E-state index contributed by atoms with van der Waals surface area (Å²) in [6.45, 7) is 1.37. The second-order valence-corrected chi connectivity index (χ2v) is 9.17. The topological polar surface area (TPSA) is 62.1 Å². The number of methoxy groups -OCH3 is 1. The molecule has 1 saturated heterocycles. The van der Waals surface area contributed by atoms with Crippen LogP contribution in [0.25, 0.3) is 16.8 Å². The Morgan fingerprint density at radius 2 is 1.94 bits per heavy atom. The van der Waals surface area contributed by atoms with E-state index in [1.807, 2.05) is 78.5 Å². The lowest BCUT2D eigenvalue weighted by atomic mass is 9.97. The van der Waals surface area contributed by atoms with Gasteiger partial charge in [-0.2, -0.15) is 0 Å². The quantitative estimate of drug-likeness (QED) is 0.420. The van der Waals surface area contributed by atoms with Gasteiger partial charge in [0.2, 0.25) is 0 Å². The van der Waals surface area contributed by atoms with E-state index in [1.165, 1.54) is 0 Å². The fourth-order valence-electron chi connectivity index (χ4n) is 4.77. The first-order valence-corrected chi connectivity index (χ1v) is 12.0. The number of carbonyl (C=O) groups excluding carboxylic acids is 1. The number of ether oxygens (including phenoxy) is 1. The molecule has 7 nitrogen and oxygen atoms in total. The Bertz CT molecular complexity index is 1350. The molecule has 1 atom stereocenters. The molecule has 0 radical (unpaired) electrons. The van der Waals surface area contributed by atoms with Crippen LogP contribution in [-0.2, 0) is 0 Å². The molecule has 1 fully saturated rings. The van der Waals surface area contributed by atoms with Gasteiger partial charge in [-0.1, -0.05) is 24.3 Å². The number of rotatable bonds is 5. The zero-order chi connectivity index (χ0) is 24.4. The minimum absolute atomic E-state index is 0.0699. The molecule has 0 spiro atoms. The Hall–Kier alpha value is -4.00. The molecule has 2 aromatic carbocycles. The van der Waals surface area contributed by atoms with Crippen molar-refractivity contribution in [2.75, 3.05) is 44.5 Å². The zero-order valence-electron chi connectivity index (χ0n) is 20.4. The average molecular weight is 470 g/mol. The fourth-order valence-corrected chi connectivity index (χ4v) is 4.77. The fraction of sp³-hybridized carbons (Fsp3) is 0.286. The molecule has 5 rings (SSSR count). The number of aromatic nitrogens is 2. The van der Waals surface area contributed by atoms with E-state index in [0.29, 0.717) is 6.54 Å². The van der Waals surface area contributed by atoms with Crippen LogP contribution in [0.15, 0.2) is 72.9 Å². The minimum Gasteiger partial charge on any atom is -0.497 e. The molecule has 180 valence electrons. The van der Waals surface area contributed by atoms with Gasteiger partial charge in [0.1, 0.15) is 11.6 Å². The summed E-state index contributed by atoms with van der Waals surface area (Å²) in [5.41, 5.74) is 4.85. The maximum absolute atomic E-state index is 13.1. The van der Waals surface area contributed by atoms with Crippen molar-refractivity contribution in [2.45, 2.75) is 18.8 Å². The Kier molecular flexibility index (Phi) is 6.31. The van der Waals surface area contributed by atoms with Crippen molar-refractivity contribution < 1.29 is 9.53 Å². The Labute approximate surface area is 206 Å². The maximum Gasteiger partial charge on any atom is 0.321 e. The number of piperidine rings is 1. The highest BCUT2D eigenvalue weighted by Gasteiger charge is 2.28. The van der Waals surface area contributed by atoms with Gasteiger partial charge in [-0.25, -0.2) is 9.78 Å². The van der Waals surface area contributed by atoms with Gasteiger partial charge < -0.3 is 24.3 Å². The third-order valence-corrected chi connectivity index (χ3v) is 6.61. The number of carbonyl (C=O) groups is 1. The predicted octanol–water partition coefficient (Wildman–Crippen LogP) is 5.49. The highest BCUT2D eigenvalue weighted by molar-refractivity contribution is 5.90. The van der Waals surface area contributed by atoms with E-state index < -0.39 is 0 Å². The molecule has 2 aromatic heterocycles. The Morgan fingerprint density at radius 3 is 2.77 bits per heavy atom. The van der Waals surface area contributed by atoms with Gasteiger partial charge in [0, 0.05) is 56.2 Å². The molecular weight excluding hydrogens is 438 g/mol. The second kappa shape index (κ2) is 9.70. The van der Waals surface area contributed by atoms with Gasteiger partial charge in [0.15, 0.2) is 0 Å². The van der Waals surface area contributed by atoms with Gasteiger partial charge in [0.05, 0.1) is 18.3 Å². The normalized spacial score (nSPS) is 15.7. The summed E-state index contributed by atoms with van der Waals surface area (Å²) >= 11 is 0. The largest absolute Gasteiger partial charge is 0.497 e. The molecule has 0 bridgehead atoms. The molecule has 0 saturated carbocycles. The standard InChI is InChI=1S/C28H31N5O2/c1-31(2)23-12-7-11-22(18-23)29-28(34)32-15-8-10-21(19-32)27-30-26(25-14-4-5-16-33(25)27)20-9-6-13-24(17-20)35-3/h4-7,9,11-14,16-18,21H,8,10,15,19H2,1-3H3,(H,29,34). The van der Waals surface area contributed by atoms with Crippen LogP contribution in [0.3, 0.4) is 0 Å². The van der Waals surface area contributed by atoms with E-state index in [2.05, 4.69) is 28.0 Å². The lowest BCUT2D eigenvalue weighted by Crippen LogP contribution is -2.42. The van der Waals surface area contributed by atoms with Crippen LogP contribution in [0, 0.1) is 0 Å². The van der Waals surface area contributed by atoms with Crippen LogP contribution in [0.2, 0.25) is 0 Å².